The lowest BCUT2D eigenvalue weighted by Gasteiger charge is -2.22. The van der Waals surface area contributed by atoms with Gasteiger partial charge in [-0.15, -0.1) is 12.4 Å². The average Bonchev–Trinajstić information content (AvgIpc) is 3.48. The number of carboxylic acids is 1. The number of benzene rings is 3. The molecule has 3 aromatic carbocycles. The summed E-state index contributed by atoms with van der Waals surface area (Å²) in [5.41, 5.74) is 6.67. The number of phenols is 2. The molecule has 2 heterocycles. The molecule has 1 fully saturated rings. The number of aromatic hydroxyl groups is 2. The number of H-pyrrole nitrogens is 1. The number of nitrogen functional groups attached to an aromatic ring is 1. The average molecular weight is 556 g/mol. The number of fused-ring (bicyclic) bond motifs is 1. The first-order valence-electron chi connectivity index (χ1n) is 11.5. The minimum atomic E-state index is -1.28. The Morgan fingerprint density at radius 1 is 1.05 bits per heavy atom. The van der Waals surface area contributed by atoms with Crippen molar-refractivity contribution in [2.45, 2.75) is 18.6 Å². The van der Waals surface area contributed by atoms with E-state index < -0.39 is 35.6 Å². The number of aliphatic carboxylic acids is 1. The third kappa shape index (κ3) is 4.94. The molecule has 0 radical (unpaired) electrons. The number of nitrogens with two attached hydrogens (primary N) is 1. The number of carboxylic acid groups (broad SMARTS) is 1. The number of carbonyl (C=O) groups excluding carboxylic acids is 1. The predicted molar refractivity (Wildman–Crippen MR) is 142 cm³/mol. The van der Waals surface area contributed by atoms with Gasteiger partial charge in [0.15, 0.2) is 0 Å². The summed E-state index contributed by atoms with van der Waals surface area (Å²) < 4.78 is 14.1. The van der Waals surface area contributed by atoms with E-state index in [0.29, 0.717) is 16.6 Å². The van der Waals surface area contributed by atoms with E-state index in [1.807, 2.05) is 0 Å². The Bertz CT molecular complexity index is 1640. The van der Waals surface area contributed by atoms with Crippen molar-refractivity contribution in [3.8, 4) is 34.0 Å². The van der Waals surface area contributed by atoms with Crippen molar-refractivity contribution in [2.24, 2.45) is 5.73 Å². The third-order valence-corrected chi connectivity index (χ3v) is 6.48. The highest BCUT2D eigenvalue weighted by Gasteiger charge is 2.39. The first kappa shape index (κ1) is 27.4. The van der Waals surface area contributed by atoms with Gasteiger partial charge in [0.2, 0.25) is 0 Å². The summed E-state index contributed by atoms with van der Waals surface area (Å²) in [4.78, 5) is 33.7. The molecule has 0 aliphatic carbocycles. The van der Waals surface area contributed by atoms with Crippen LogP contribution in [0, 0.1) is 11.2 Å². The summed E-state index contributed by atoms with van der Waals surface area (Å²) in [6.45, 7) is -0.217. The maximum absolute atomic E-state index is 14.1. The van der Waals surface area contributed by atoms with Crippen LogP contribution in [0.25, 0.3) is 33.5 Å². The molecule has 1 aliphatic rings. The summed E-state index contributed by atoms with van der Waals surface area (Å²) in [6, 6.07) is 9.15. The highest BCUT2D eigenvalue weighted by atomic mass is 35.5. The topological polar surface area (TPSA) is 197 Å². The molecule has 0 bridgehead atoms. The summed E-state index contributed by atoms with van der Waals surface area (Å²) >= 11 is 0. The van der Waals surface area contributed by atoms with Gasteiger partial charge in [-0.25, -0.2) is 14.2 Å². The Morgan fingerprint density at radius 2 is 1.77 bits per heavy atom. The van der Waals surface area contributed by atoms with Gasteiger partial charge in [0.25, 0.3) is 5.91 Å². The van der Waals surface area contributed by atoms with Crippen LogP contribution in [0.15, 0.2) is 48.5 Å². The maximum atomic E-state index is 14.1. The number of amidine groups is 1. The molecule has 1 aromatic heterocycles. The first-order valence-corrected chi connectivity index (χ1v) is 11.5. The molecule has 13 heteroatoms. The van der Waals surface area contributed by atoms with Crippen LogP contribution in [0.2, 0.25) is 0 Å². The van der Waals surface area contributed by atoms with E-state index in [1.165, 1.54) is 12.1 Å². The Labute approximate surface area is 226 Å². The lowest BCUT2D eigenvalue weighted by molar-refractivity contribution is -0.141. The predicted octanol–water partition coefficient (Wildman–Crippen LogP) is 2.81. The molecule has 1 saturated heterocycles. The van der Waals surface area contributed by atoms with Crippen LogP contribution in [-0.2, 0) is 4.79 Å². The number of likely N-dealkylation sites (tertiary alicyclic amines) is 1. The van der Waals surface area contributed by atoms with Gasteiger partial charge in [-0.3, -0.25) is 10.2 Å². The van der Waals surface area contributed by atoms with Gasteiger partial charge >= 0.3 is 5.97 Å². The zero-order chi connectivity index (χ0) is 27.3. The molecule has 0 saturated carbocycles. The van der Waals surface area contributed by atoms with Gasteiger partial charge in [-0.05, 0) is 48.5 Å². The standard InChI is InChI=1S/C26H22FN5O6.ClH/c27-13-2-4-21(34)15(8-13)16-5-12(25(36)32-10-14(33)9-20(32)26(37)38)6-17(22(16)35)24-30-18-3-1-11(23(28)29)7-19(18)31-24;/h1-8,14,20,33-35H,9-10H2,(H3,28,29)(H,30,31)(H,37,38);1H/t14-,20+;/m1./s1. The van der Waals surface area contributed by atoms with Crippen molar-refractivity contribution in [1.82, 2.24) is 14.9 Å². The quantitative estimate of drug-likeness (QED) is 0.144. The van der Waals surface area contributed by atoms with Crippen LogP contribution in [-0.4, -0.2) is 71.7 Å². The van der Waals surface area contributed by atoms with Gasteiger partial charge in [-0.2, -0.15) is 0 Å². The van der Waals surface area contributed by atoms with E-state index >= 15 is 0 Å². The molecule has 4 aromatic rings. The number of rotatable bonds is 5. The third-order valence-electron chi connectivity index (χ3n) is 6.48. The van der Waals surface area contributed by atoms with Crippen LogP contribution in [0.4, 0.5) is 4.39 Å². The normalized spacial score (nSPS) is 16.7. The second kappa shape index (κ2) is 10.2. The summed E-state index contributed by atoms with van der Waals surface area (Å²) in [7, 11) is 0. The summed E-state index contributed by atoms with van der Waals surface area (Å²) in [6.07, 6.45) is -1.18. The largest absolute Gasteiger partial charge is 0.507 e. The Morgan fingerprint density at radius 3 is 2.46 bits per heavy atom. The van der Waals surface area contributed by atoms with E-state index in [1.54, 1.807) is 18.2 Å². The minimum absolute atomic E-state index is 0. The number of hydrogen-bond acceptors (Lipinski definition) is 7. The summed E-state index contributed by atoms with van der Waals surface area (Å²) in [5, 5.41) is 48.9. The van der Waals surface area contributed by atoms with Crippen molar-refractivity contribution in [3.63, 3.8) is 0 Å². The number of aliphatic hydroxyl groups is 1. The number of phenolic OH excluding ortho intramolecular Hbond substituents is 2. The number of halogens is 2. The molecular formula is C26H23ClFN5O6. The molecule has 0 unspecified atom stereocenters. The zero-order valence-corrected chi connectivity index (χ0v) is 20.9. The number of carbonyl (C=O) groups is 2. The molecule has 39 heavy (non-hydrogen) atoms. The van der Waals surface area contributed by atoms with E-state index in [2.05, 4.69) is 9.97 Å². The molecule has 8 N–H and O–H groups in total. The van der Waals surface area contributed by atoms with E-state index in [4.69, 9.17) is 11.1 Å². The number of β-amino-alcohol motifs (C(OH)–C–C–N with tert-alkyl or cyclic N) is 1. The fraction of sp³-hybridized carbons (Fsp3) is 0.154. The number of aromatic amines is 1. The molecule has 202 valence electrons. The van der Waals surface area contributed by atoms with E-state index in [0.717, 1.165) is 23.1 Å². The highest BCUT2D eigenvalue weighted by molar-refractivity contribution is 6.02. The molecular weight excluding hydrogens is 533 g/mol. The van der Waals surface area contributed by atoms with E-state index in [-0.39, 0.29) is 65.0 Å². The second-order valence-corrected chi connectivity index (χ2v) is 9.01. The van der Waals surface area contributed by atoms with Crippen molar-refractivity contribution in [1.29, 1.82) is 5.41 Å². The SMILES string of the molecule is Cl.N=C(N)c1ccc2nc(-c3cc(C(=O)N4C[C@H](O)C[C@H]4C(=O)O)cc(-c4cc(F)ccc4O)c3O)[nH]c2c1. The number of aliphatic hydroxyl groups excluding tert-OH is 1. The number of nitrogens with zero attached hydrogens (tertiary/aromatic N) is 2. The Hall–Kier alpha value is -4.68. The molecule has 2 atom stereocenters. The summed E-state index contributed by atoms with van der Waals surface area (Å²) in [5.74, 6) is -3.58. The Kier molecular flexibility index (Phi) is 7.18. The lowest BCUT2D eigenvalue weighted by atomic mass is 9.96. The van der Waals surface area contributed by atoms with Crippen LogP contribution in [0.5, 0.6) is 11.5 Å². The fourth-order valence-electron chi connectivity index (χ4n) is 4.61. The van der Waals surface area contributed by atoms with Gasteiger partial charge in [0.05, 0.1) is 22.7 Å². The molecule has 0 spiro atoms. The lowest BCUT2D eigenvalue weighted by Crippen LogP contribution is -2.40. The van der Waals surface area contributed by atoms with Crippen molar-refractivity contribution in [3.05, 3.63) is 65.5 Å². The second-order valence-electron chi connectivity index (χ2n) is 9.01. The van der Waals surface area contributed by atoms with Gasteiger partial charge in [0, 0.05) is 35.2 Å². The number of nitrogens with one attached hydrogen (secondary N) is 2. The molecule has 5 rings (SSSR count). The number of aromatic nitrogens is 2. The van der Waals surface area contributed by atoms with Gasteiger partial charge < -0.3 is 36.0 Å². The number of hydrogen-bond donors (Lipinski definition) is 7. The molecule has 1 amide bonds. The maximum Gasteiger partial charge on any atom is 0.326 e. The van der Waals surface area contributed by atoms with Crippen LogP contribution in [0.1, 0.15) is 22.3 Å². The number of amides is 1. The Balaban J connectivity index is 0.00000353. The highest BCUT2D eigenvalue weighted by Crippen LogP contribution is 2.42. The monoisotopic (exact) mass is 555 g/mol. The van der Waals surface area contributed by atoms with Crippen molar-refractivity contribution in [2.75, 3.05) is 6.54 Å². The van der Waals surface area contributed by atoms with Gasteiger partial charge in [-0.1, -0.05) is 0 Å². The van der Waals surface area contributed by atoms with Crippen molar-refractivity contribution < 1.29 is 34.4 Å². The van der Waals surface area contributed by atoms with Crippen LogP contribution < -0.4 is 5.73 Å². The zero-order valence-electron chi connectivity index (χ0n) is 20.1. The fourth-order valence-corrected chi connectivity index (χ4v) is 4.61. The minimum Gasteiger partial charge on any atom is -0.507 e. The van der Waals surface area contributed by atoms with Crippen LogP contribution >= 0.6 is 12.4 Å². The molecule has 1 aliphatic heterocycles. The molecule has 11 nitrogen and oxygen atoms in total. The smallest absolute Gasteiger partial charge is 0.326 e. The van der Waals surface area contributed by atoms with Crippen LogP contribution in [0.3, 0.4) is 0 Å². The first-order chi connectivity index (χ1) is 18.0. The van der Waals surface area contributed by atoms with Gasteiger partial charge in [0.1, 0.15) is 35.0 Å². The van der Waals surface area contributed by atoms with Crippen molar-refractivity contribution >= 4 is 41.2 Å². The number of imidazole rings is 1. The van der Waals surface area contributed by atoms with E-state index in [9.17, 15) is 34.4 Å².